The normalized spacial score (nSPS) is 14.5. The molecule has 1 fully saturated rings. The van der Waals surface area contributed by atoms with Gasteiger partial charge in [-0.1, -0.05) is 17.3 Å². The SMILES string of the molecule is Cc1cc(-c2nc(-c3ccc(OCC(F)(F)F)cc3)no2)nn1Cc1cccc(C(=O)N2CCN(C)CC2)c1. The number of aromatic nitrogens is 4. The third-order valence-corrected chi connectivity index (χ3v) is 6.44. The van der Waals surface area contributed by atoms with E-state index in [2.05, 4.69) is 27.2 Å². The highest BCUT2D eigenvalue weighted by Crippen LogP contribution is 2.25. The van der Waals surface area contributed by atoms with Gasteiger partial charge in [0.15, 0.2) is 12.3 Å². The molecule has 204 valence electrons. The number of ether oxygens (including phenoxy) is 1. The number of hydrogen-bond acceptors (Lipinski definition) is 7. The number of alkyl halides is 3. The van der Waals surface area contributed by atoms with Crippen molar-refractivity contribution in [2.75, 3.05) is 39.8 Å². The van der Waals surface area contributed by atoms with E-state index < -0.39 is 12.8 Å². The molecule has 0 radical (unpaired) electrons. The number of carbonyl (C=O) groups is 1. The first kappa shape index (κ1) is 26.4. The van der Waals surface area contributed by atoms with E-state index in [9.17, 15) is 18.0 Å². The minimum atomic E-state index is -4.41. The van der Waals surface area contributed by atoms with E-state index in [4.69, 9.17) is 9.26 Å². The monoisotopic (exact) mass is 540 g/mol. The van der Waals surface area contributed by atoms with Crippen LogP contribution in [-0.2, 0) is 6.54 Å². The maximum atomic E-state index is 13.0. The molecule has 9 nitrogen and oxygen atoms in total. The minimum absolute atomic E-state index is 0.0289. The van der Waals surface area contributed by atoms with Gasteiger partial charge in [-0.25, -0.2) is 0 Å². The molecule has 5 rings (SSSR count). The lowest BCUT2D eigenvalue weighted by atomic mass is 10.1. The summed E-state index contributed by atoms with van der Waals surface area (Å²) in [6.45, 7) is 4.15. The summed E-state index contributed by atoms with van der Waals surface area (Å²) in [5.41, 5.74) is 3.50. The number of aryl methyl sites for hydroxylation is 1. The average Bonchev–Trinajstić information content (AvgIpc) is 3.55. The Labute approximate surface area is 222 Å². The van der Waals surface area contributed by atoms with Crippen LogP contribution in [0, 0.1) is 6.92 Å². The first-order valence-electron chi connectivity index (χ1n) is 12.4. The van der Waals surface area contributed by atoms with E-state index >= 15 is 0 Å². The largest absolute Gasteiger partial charge is 0.484 e. The smallest absolute Gasteiger partial charge is 0.422 e. The summed E-state index contributed by atoms with van der Waals surface area (Å²) in [5, 5.41) is 8.59. The van der Waals surface area contributed by atoms with Gasteiger partial charge in [0, 0.05) is 43.0 Å². The van der Waals surface area contributed by atoms with Crippen LogP contribution in [0.15, 0.2) is 59.1 Å². The molecule has 0 atom stereocenters. The van der Waals surface area contributed by atoms with E-state index in [-0.39, 0.29) is 23.4 Å². The molecule has 3 heterocycles. The molecule has 0 unspecified atom stereocenters. The zero-order valence-electron chi connectivity index (χ0n) is 21.5. The lowest BCUT2D eigenvalue weighted by Gasteiger charge is -2.32. The number of halogens is 3. The maximum Gasteiger partial charge on any atom is 0.422 e. The van der Waals surface area contributed by atoms with Crippen LogP contribution in [0.5, 0.6) is 5.75 Å². The topological polar surface area (TPSA) is 89.5 Å². The molecule has 2 aromatic carbocycles. The second-order valence-corrected chi connectivity index (χ2v) is 9.48. The highest BCUT2D eigenvalue weighted by Gasteiger charge is 2.28. The summed E-state index contributed by atoms with van der Waals surface area (Å²) < 4.78 is 49.0. The average molecular weight is 541 g/mol. The van der Waals surface area contributed by atoms with Gasteiger partial charge in [0.05, 0.1) is 6.54 Å². The van der Waals surface area contributed by atoms with E-state index in [1.165, 1.54) is 12.1 Å². The zero-order valence-corrected chi connectivity index (χ0v) is 21.5. The van der Waals surface area contributed by atoms with Crippen LogP contribution in [0.2, 0.25) is 0 Å². The van der Waals surface area contributed by atoms with Crippen molar-refractivity contribution in [2.24, 2.45) is 0 Å². The Morgan fingerprint density at radius 3 is 2.51 bits per heavy atom. The van der Waals surface area contributed by atoms with Crippen LogP contribution < -0.4 is 4.74 Å². The van der Waals surface area contributed by atoms with Crippen molar-refractivity contribution in [3.8, 4) is 28.7 Å². The van der Waals surface area contributed by atoms with Crippen LogP contribution in [0.3, 0.4) is 0 Å². The molecule has 0 saturated carbocycles. The molecule has 1 aliphatic heterocycles. The number of rotatable bonds is 7. The number of hydrogen-bond donors (Lipinski definition) is 0. The second-order valence-electron chi connectivity index (χ2n) is 9.48. The van der Waals surface area contributed by atoms with Crippen molar-refractivity contribution in [3.05, 3.63) is 71.4 Å². The van der Waals surface area contributed by atoms with Gasteiger partial charge in [-0.05, 0) is 62.0 Å². The van der Waals surface area contributed by atoms with Crippen molar-refractivity contribution >= 4 is 5.91 Å². The van der Waals surface area contributed by atoms with Crippen LogP contribution in [0.1, 0.15) is 21.6 Å². The molecule has 2 aromatic heterocycles. The van der Waals surface area contributed by atoms with E-state index in [0.717, 1.165) is 24.3 Å². The number of nitrogens with zero attached hydrogens (tertiary/aromatic N) is 6. The van der Waals surface area contributed by atoms with E-state index in [1.54, 1.807) is 16.8 Å². The fourth-order valence-corrected chi connectivity index (χ4v) is 4.25. The van der Waals surface area contributed by atoms with Crippen LogP contribution in [0.4, 0.5) is 13.2 Å². The Morgan fingerprint density at radius 2 is 1.79 bits per heavy atom. The number of piperazine rings is 1. The Bertz CT molecular complexity index is 1440. The van der Waals surface area contributed by atoms with E-state index in [0.29, 0.717) is 36.5 Å². The van der Waals surface area contributed by atoms with Crippen molar-refractivity contribution in [2.45, 2.75) is 19.6 Å². The third kappa shape index (κ3) is 6.45. The lowest BCUT2D eigenvalue weighted by molar-refractivity contribution is -0.153. The third-order valence-electron chi connectivity index (χ3n) is 6.44. The summed E-state index contributed by atoms with van der Waals surface area (Å²) in [5.74, 6) is 0.600. The standard InChI is InChI=1S/C27H27F3N6O3/c1-18-14-23(25-31-24(33-39-25)20-6-8-22(9-7-20)38-17-27(28,29)30)32-36(18)16-19-4-3-5-21(15-19)26(37)35-12-10-34(2)11-13-35/h3-9,14-15H,10-13,16-17H2,1-2H3. The Kier molecular flexibility index (Phi) is 7.38. The van der Waals surface area contributed by atoms with Gasteiger partial charge in [-0.15, -0.1) is 0 Å². The molecule has 0 aliphatic carbocycles. The molecule has 0 bridgehead atoms. The van der Waals surface area contributed by atoms with Gasteiger partial charge in [0.25, 0.3) is 11.8 Å². The van der Waals surface area contributed by atoms with Gasteiger partial charge in [0.1, 0.15) is 5.75 Å². The summed E-state index contributed by atoms with van der Waals surface area (Å²) in [7, 11) is 2.05. The fourth-order valence-electron chi connectivity index (χ4n) is 4.25. The molecule has 1 amide bonds. The highest BCUT2D eigenvalue weighted by atomic mass is 19.4. The van der Waals surface area contributed by atoms with Crippen molar-refractivity contribution in [1.29, 1.82) is 0 Å². The molecule has 1 saturated heterocycles. The predicted octanol–water partition coefficient (Wildman–Crippen LogP) is 4.29. The van der Waals surface area contributed by atoms with Gasteiger partial charge in [0.2, 0.25) is 5.82 Å². The van der Waals surface area contributed by atoms with E-state index in [1.807, 2.05) is 42.2 Å². The molecular weight excluding hydrogens is 513 g/mol. The minimum Gasteiger partial charge on any atom is -0.484 e. The fraction of sp³-hybridized carbons (Fsp3) is 0.333. The Hall–Kier alpha value is -4.19. The quantitative estimate of drug-likeness (QED) is 0.346. The summed E-state index contributed by atoms with van der Waals surface area (Å²) in [6.07, 6.45) is -4.41. The summed E-state index contributed by atoms with van der Waals surface area (Å²) in [6, 6.07) is 15.3. The maximum absolute atomic E-state index is 13.0. The number of amides is 1. The molecule has 1 aliphatic rings. The molecule has 12 heteroatoms. The van der Waals surface area contributed by atoms with Crippen molar-refractivity contribution in [3.63, 3.8) is 0 Å². The number of carbonyl (C=O) groups excluding carboxylic acids is 1. The number of benzene rings is 2. The van der Waals surface area contributed by atoms with Gasteiger partial charge in [-0.2, -0.15) is 23.3 Å². The zero-order chi connectivity index (χ0) is 27.6. The van der Waals surface area contributed by atoms with Gasteiger partial charge < -0.3 is 19.1 Å². The Morgan fingerprint density at radius 1 is 1.05 bits per heavy atom. The second kappa shape index (κ2) is 10.9. The first-order chi connectivity index (χ1) is 18.6. The highest BCUT2D eigenvalue weighted by molar-refractivity contribution is 5.94. The molecule has 0 N–H and O–H groups in total. The summed E-state index contributed by atoms with van der Waals surface area (Å²) in [4.78, 5) is 21.5. The summed E-state index contributed by atoms with van der Waals surface area (Å²) >= 11 is 0. The van der Waals surface area contributed by atoms with Crippen LogP contribution >= 0.6 is 0 Å². The molecule has 0 spiro atoms. The van der Waals surface area contributed by atoms with Crippen molar-refractivity contribution in [1.82, 2.24) is 29.7 Å². The molecular formula is C27H27F3N6O3. The number of likely N-dealkylation sites (N-methyl/N-ethyl adjacent to an activating group) is 1. The molecule has 39 heavy (non-hydrogen) atoms. The first-order valence-corrected chi connectivity index (χ1v) is 12.4. The Balaban J connectivity index is 1.26. The predicted molar refractivity (Wildman–Crippen MR) is 136 cm³/mol. The van der Waals surface area contributed by atoms with Gasteiger partial charge >= 0.3 is 6.18 Å². The molecule has 4 aromatic rings. The van der Waals surface area contributed by atoms with Crippen LogP contribution in [0.25, 0.3) is 23.0 Å². The van der Waals surface area contributed by atoms with Crippen LogP contribution in [-0.4, -0.2) is 81.6 Å². The van der Waals surface area contributed by atoms with Crippen molar-refractivity contribution < 1.29 is 27.2 Å². The van der Waals surface area contributed by atoms with Gasteiger partial charge in [-0.3, -0.25) is 9.48 Å². The lowest BCUT2D eigenvalue weighted by Crippen LogP contribution is -2.47.